The van der Waals surface area contributed by atoms with Gasteiger partial charge < -0.3 is 0 Å². The Bertz CT molecular complexity index is 1070. The Morgan fingerprint density at radius 2 is 1.70 bits per heavy atom. The van der Waals surface area contributed by atoms with E-state index in [1.807, 2.05) is 68.2 Å². The Balaban J connectivity index is 1.86. The summed E-state index contributed by atoms with van der Waals surface area (Å²) in [5.41, 5.74) is 3.91. The highest BCUT2D eigenvalue weighted by atomic mass is 32.1. The minimum Gasteiger partial charge on any atom is -0.273 e. The van der Waals surface area contributed by atoms with Gasteiger partial charge in [0.25, 0.3) is 0 Å². The van der Waals surface area contributed by atoms with Gasteiger partial charge in [0.1, 0.15) is 12.7 Å². The van der Waals surface area contributed by atoms with E-state index in [1.165, 1.54) is 0 Å². The molecule has 0 aliphatic carbocycles. The number of nitrogens with zero attached hydrogens (tertiary/aromatic N) is 5. The Morgan fingerprint density at radius 1 is 0.926 bits per heavy atom. The molecule has 0 radical (unpaired) electrons. The maximum absolute atomic E-state index is 4.88. The van der Waals surface area contributed by atoms with Crippen LogP contribution in [0, 0.1) is 13.8 Å². The third-order valence-electron chi connectivity index (χ3n) is 4.18. The summed E-state index contributed by atoms with van der Waals surface area (Å²) < 4.78 is 2.02. The predicted molar refractivity (Wildman–Crippen MR) is 108 cm³/mol. The summed E-state index contributed by atoms with van der Waals surface area (Å²) >= 11 is 1.66. The van der Waals surface area contributed by atoms with E-state index in [4.69, 9.17) is 4.98 Å². The summed E-state index contributed by atoms with van der Waals surface area (Å²) in [4.78, 5) is 17.1. The van der Waals surface area contributed by atoms with Crippen LogP contribution < -0.4 is 9.47 Å². The van der Waals surface area contributed by atoms with Crippen LogP contribution in [-0.4, -0.2) is 15.0 Å². The first-order valence-electron chi connectivity index (χ1n) is 8.70. The number of hydrogen-bond acceptors (Lipinski definition) is 5. The average molecular weight is 374 g/mol. The molecule has 3 heterocycles. The van der Waals surface area contributed by atoms with Crippen molar-refractivity contribution >= 4 is 28.7 Å². The van der Waals surface area contributed by atoms with Gasteiger partial charge in [0.15, 0.2) is 12.4 Å². The number of rotatable bonds is 4. The van der Waals surface area contributed by atoms with Gasteiger partial charge in [-0.05, 0) is 38.1 Å². The van der Waals surface area contributed by atoms with Crippen LogP contribution in [0.3, 0.4) is 0 Å². The summed E-state index contributed by atoms with van der Waals surface area (Å²) in [5.74, 6) is 0.635. The zero-order valence-corrected chi connectivity index (χ0v) is 16.3. The molecular formula is C21H20N5S+. The van der Waals surface area contributed by atoms with Gasteiger partial charge in [0.2, 0.25) is 5.95 Å². The molecule has 0 fully saturated rings. The number of hydrogen-bond donors (Lipinski definition) is 0. The molecule has 3 aromatic heterocycles. The smallest absolute Gasteiger partial charge is 0.235 e. The van der Waals surface area contributed by atoms with Crippen LogP contribution >= 0.6 is 11.3 Å². The van der Waals surface area contributed by atoms with Gasteiger partial charge in [-0.1, -0.05) is 18.2 Å². The van der Waals surface area contributed by atoms with Crippen molar-refractivity contribution in [3.05, 3.63) is 77.8 Å². The maximum atomic E-state index is 4.88. The number of anilines is 3. The molecule has 0 aliphatic heterocycles. The monoisotopic (exact) mass is 374 g/mol. The number of aromatic nitrogens is 4. The van der Waals surface area contributed by atoms with Crippen molar-refractivity contribution in [1.82, 2.24) is 15.0 Å². The molecule has 0 unspecified atom stereocenters. The number of aryl methyl sites for hydroxylation is 3. The van der Waals surface area contributed by atoms with E-state index < -0.39 is 0 Å². The molecule has 134 valence electrons. The van der Waals surface area contributed by atoms with Gasteiger partial charge in [-0.3, -0.25) is 4.90 Å². The fraction of sp³-hybridized carbons (Fsp3) is 0.143. The summed E-state index contributed by atoms with van der Waals surface area (Å²) in [5, 5.41) is 1.04. The van der Waals surface area contributed by atoms with Crippen LogP contribution in [0.2, 0.25) is 0 Å². The van der Waals surface area contributed by atoms with Crippen LogP contribution in [0.1, 0.15) is 10.7 Å². The van der Waals surface area contributed by atoms with Gasteiger partial charge in [-0.25, -0.2) is 19.5 Å². The van der Waals surface area contributed by atoms with Crippen LogP contribution in [0.4, 0.5) is 17.3 Å². The Hall–Kier alpha value is -3.12. The van der Waals surface area contributed by atoms with Crippen molar-refractivity contribution in [3.8, 4) is 10.6 Å². The zero-order chi connectivity index (χ0) is 18.8. The summed E-state index contributed by atoms with van der Waals surface area (Å²) in [6.45, 7) is 4.04. The first-order chi connectivity index (χ1) is 13.1. The highest BCUT2D eigenvalue weighted by Gasteiger charge is 2.19. The van der Waals surface area contributed by atoms with Gasteiger partial charge in [0, 0.05) is 18.0 Å². The summed E-state index contributed by atoms with van der Waals surface area (Å²) in [6.07, 6.45) is 5.88. The van der Waals surface area contributed by atoms with Crippen molar-refractivity contribution < 1.29 is 4.57 Å². The van der Waals surface area contributed by atoms with Crippen LogP contribution in [0.25, 0.3) is 10.6 Å². The van der Waals surface area contributed by atoms with Crippen LogP contribution in [-0.2, 0) is 7.05 Å². The molecule has 1 aromatic carbocycles. The Kier molecular flexibility index (Phi) is 4.64. The molecule has 0 atom stereocenters. The minimum absolute atomic E-state index is 0.635. The molecule has 5 nitrogen and oxygen atoms in total. The second-order valence-electron chi connectivity index (χ2n) is 6.29. The lowest BCUT2D eigenvalue weighted by Crippen LogP contribution is -2.28. The van der Waals surface area contributed by atoms with E-state index in [9.17, 15) is 0 Å². The predicted octanol–water partition coefficient (Wildman–Crippen LogP) is 4.51. The van der Waals surface area contributed by atoms with Crippen molar-refractivity contribution in [2.45, 2.75) is 13.8 Å². The standard InChI is InChI=1S/C21H20N5S/c1-15-20(27-16(2)23-15)19-11-12-22-21(24-19)26(17-8-5-4-6-9-17)18-10-7-13-25(3)14-18/h4-14H,1-3H3/q+1. The third kappa shape index (κ3) is 3.57. The molecule has 0 aliphatic rings. The Labute approximate surface area is 162 Å². The lowest BCUT2D eigenvalue weighted by Gasteiger charge is -2.21. The first-order valence-corrected chi connectivity index (χ1v) is 9.51. The van der Waals surface area contributed by atoms with E-state index >= 15 is 0 Å². The lowest BCUT2D eigenvalue weighted by atomic mass is 10.2. The van der Waals surface area contributed by atoms with Crippen LogP contribution in [0.5, 0.6) is 0 Å². The van der Waals surface area contributed by atoms with E-state index in [-0.39, 0.29) is 0 Å². The summed E-state index contributed by atoms with van der Waals surface area (Å²) in [6, 6.07) is 16.2. The quantitative estimate of drug-likeness (QED) is 0.493. The van der Waals surface area contributed by atoms with Crippen molar-refractivity contribution in [3.63, 3.8) is 0 Å². The first kappa shape index (κ1) is 17.3. The summed E-state index contributed by atoms with van der Waals surface area (Å²) in [7, 11) is 2.01. The molecule has 0 bridgehead atoms. The molecule has 4 aromatic rings. The van der Waals surface area contributed by atoms with Crippen molar-refractivity contribution in [2.75, 3.05) is 4.90 Å². The van der Waals surface area contributed by atoms with Crippen molar-refractivity contribution in [2.24, 2.45) is 7.05 Å². The normalized spacial score (nSPS) is 10.8. The van der Waals surface area contributed by atoms with Gasteiger partial charge >= 0.3 is 0 Å². The average Bonchev–Trinajstić information content (AvgIpc) is 3.01. The molecule has 0 saturated carbocycles. The molecule has 0 spiro atoms. The van der Waals surface area contributed by atoms with E-state index in [0.29, 0.717) is 5.95 Å². The SMILES string of the molecule is Cc1nc(C)c(-c2ccnc(N(c3ccccc3)c3ccc[n+](C)c3)n2)s1. The molecular weight excluding hydrogens is 354 g/mol. The molecule has 4 rings (SSSR count). The van der Waals surface area contributed by atoms with E-state index in [0.717, 1.165) is 32.6 Å². The second-order valence-corrected chi connectivity index (χ2v) is 7.49. The zero-order valence-electron chi connectivity index (χ0n) is 15.5. The molecule has 0 saturated heterocycles. The highest BCUT2D eigenvalue weighted by Crippen LogP contribution is 2.33. The largest absolute Gasteiger partial charge is 0.273 e. The fourth-order valence-corrected chi connectivity index (χ4v) is 3.90. The highest BCUT2D eigenvalue weighted by molar-refractivity contribution is 7.15. The Morgan fingerprint density at radius 3 is 2.41 bits per heavy atom. The maximum Gasteiger partial charge on any atom is 0.235 e. The van der Waals surface area contributed by atoms with E-state index in [2.05, 4.69) is 39.3 Å². The van der Waals surface area contributed by atoms with Crippen molar-refractivity contribution in [1.29, 1.82) is 0 Å². The molecule has 27 heavy (non-hydrogen) atoms. The van der Waals surface area contributed by atoms with Crippen LogP contribution in [0.15, 0.2) is 67.1 Å². The number of pyridine rings is 1. The number of benzene rings is 1. The lowest BCUT2D eigenvalue weighted by molar-refractivity contribution is -0.670. The molecule has 0 N–H and O–H groups in total. The molecule has 0 amide bonds. The minimum atomic E-state index is 0.635. The number of para-hydroxylation sites is 1. The third-order valence-corrected chi connectivity index (χ3v) is 5.27. The number of thiazole rings is 1. The van der Waals surface area contributed by atoms with Gasteiger partial charge in [-0.2, -0.15) is 0 Å². The topological polar surface area (TPSA) is 45.8 Å². The fourth-order valence-electron chi connectivity index (χ4n) is 3.01. The molecule has 6 heteroatoms. The van der Waals surface area contributed by atoms with Gasteiger partial charge in [-0.15, -0.1) is 11.3 Å². The second kappa shape index (κ2) is 7.25. The van der Waals surface area contributed by atoms with Gasteiger partial charge in [0.05, 0.1) is 21.3 Å². The van der Waals surface area contributed by atoms with E-state index in [1.54, 1.807) is 11.3 Å².